The molecular formula is C8H14O6. The summed E-state index contributed by atoms with van der Waals surface area (Å²) in [5.74, 6) is 0. The van der Waals surface area contributed by atoms with Gasteiger partial charge in [-0.3, -0.25) is 0 Å². The zero-order valence-corrected chi connectivity index (χ0v) is 7.59. The van der Waals surface area contributed by atoms with Crippen LogP contribution in [0.5, 0.6) is 0 Å². The minimum Gasteiger partial charge on any atom is -0.450 e. The van der Waals surface area contributed by atoms with Gasteiger partial charge in [0.25, 0.3) is 0 Å². The first-order chi connectivity index (χ1) is 6.38. The molecule has 0 aromatic carbocycles. The molecule has 6 heteroatoms. The third-order valence-electron chi connectivity index (χ3n) is 0.575. The highest BCUT2D eigenvalue weighted by Crippen LogP contribution is 1.86. The zero-order valence-electron chi connectivity index (χ0n) is 7.59. The van der Waals surface area contributed by atoms with E-state index < -0.39 is 12.3 Å². The van der Waals surface area contributed by atoms with Crippen LogP contribution in [0.4, 0.5) is 9.59 Å². The summed E-state index contributed by atoms with van der Waals surface area (Å²) >= 11 is 0. The van der Waals surface area contributed by atoms with E-state index in [0.717, 1.165) is 12.8 Å². The molecule has 0 heterocycles. The molecule has 0 aliphatic carbocycles. The lowest BCUT2D eigenvalue weighted by Gasteiger charge is -1.76. The number of unbranched alkanes of at least 4 members (excludes halogenated alkanes) is 1. The molecule has 0 atom stereocenters. The predicted molar refractivity (Wildman–Crippen MR) is 50.9 cm³/mol. The quantitative estimate of drug-likeness (QED) is 0.416. The lowest BCUT2D eigenvalue weighted by atomic mass is 10.3. The Kier molecular flexibility index (Phi) is 22.0. The average molecular weight is 206 g/mol. The van der Waals surface area contributed by atoms with Gasteiger partial charge in [-0.1, -0.05) is 12.2 Å². The van der Waals surface area contributed by atoms with E-state index in [2.05, 4.69) is 13.2 Å². The Balaban J connectivity index is -0.000000135. The summed E-state index contributed by atoms with van der Waals surface area (Å²) in [6.45, 7) is 7.10. The number of allylic oxidation sites excluding steroid dienone is 2. The topological polar surface area (TPSA) is 115 Å². The first-order valence-electron chi connectivity index (χ1n) is 3.44. The average Bonchev–Trinajstić information content (AvgIpc) is 1.98. The van der Waals surface area contributed by atoms with Gasteiger partial charge in [0.15, 0.2) is 0 Å². The number of carboxylic acid groups (broad SMARTS) is 4. The highest BCUT2D eigenvalue weighted by molar-refractivity contribution is 5.53. The van der Waals surface area contributed by atoms with Gasteiger partial charge in [0.2, 0.25) is 0 Å². The van der Waals surface area contributed by atoms with Gasteiger partial charge in [-0.05, 0) is 12.8 Å². The minimum absolute atomic E-state index is 1.06. The van der Waals surface area contributed by atoms with E-state index in [1.165, 1.54) is 0 Å². The van der Waals surface area contributed by atoms with Crippen LogP contribution in [0.15, 0.2) is 25.3 Å². The Morgan fingerprint density at radius 3 is 1.07 bits per heavy atom. The summed E-state index contributed by atoms with van der Waals surface area (Å²) in [5.41, 5.74) is 0. The van der Waals surface area contributed by atoms with Crippen molar-refractivity contribution >= 4 is 12.3 Å². The summed E-state index contributed by atoms with van der Waals surface area (Å²) in [4.78, 5) is 17.1. The zero-order chi connectivity index (χ0) is 12.0. The Morgan fingerprint density at radius 1 is 0.857 bits per heavy atom. The molecule has 4 N–H and O–H groups in total. The number of rotatable bonds is 3. The van der Waals surface area contributed by atoms with Crippen molar-refractivity contribution in [3.05, 3.63) is 25.3 Å². The maximum absolute atomic E-state index is 8.56. The first-order valence-corrected chi connectivity index (χ1v) is 3.44. The van der Waals surface area contributed by atoms with Crippen LogP contribution in [0.2, 0.25) is 0 Å². The summed E-state index contributed by atoms with van der Waals surface area (Å²) < 4.78 is 0. The number of hydrogen-bond donors (Lipinski definition) is 4. The maximum Gasteiger partial charge on any atom is 0.503 e. The van der Waals surface area contributed by atoms with Gasteiger partial charge in [0, 0.05) is 0 Å². The largest absolute Gasteiger partial charge is 0.503 e. The molecule has 82 valence electrons. The highest BCUT2D eigenvalue weighted by Gasteiger charge is 1.70. The molecule has 0 saturated carbocycles. The van der Waals surface area contributed by atoms with Crippen LogP contribution in [0.1, 0.15) is 12.8 Å². The van der Waals surface area contributed by atoms with Crippen LogP contribution in [0, 0.1) is 0 Å². The van der Waals surface area contributed by atoms with Crippen LogP contribution in [0.25, 0.3) is 0 Å². The van der Waals surface area contributed by atoms with E-state index in [0.29, 0.717) is 0 Å². The van der Waals surface area contributed by atoms with E-state index in [-0.39, 0.29) is 0 Å². The fourth-order valence-electron chi connectivity index (χ4n) is 0.236. The van der Waals surface area contributed by atoms with Crippen LogP contribution in [0.3, 0.4) is 0 Å². The van der Waals surface area contributed by atoms with E-state index in [9.17, 15) is 0 Å². The Morgan fingerprint density at radius 2 is 1.00 bits per heavy atom. The second kappa shape index (κ2) is 17.2. The molecule has 0 rings (SSSR count). The van der Waals surface area contributed by atoms with Gasteiger partial charge < -0.3 is 20.4 Å². The standard InChI is InChI=1S/C6H10.2CH2O3/c1-3-5-6-4-2;2*2-1(3)4/h3-4H,1-2,5-6H2;2*(H2,2,3,4). The van der Waals surface area contributed by atoms with Crippen molar-refractivity contribution in [2.75, 3.05) is 0 Å². The second-order valence-corrected chi connectivity index (χ2v) is 1.72. The van der Waals surface area contributed by atoms with Crippen molar-refractivity contribution in [1.82, 2.24) is 0 Å². The SMILES string of the molecule is C=CCCC=C.O=C(O)O.O=C(O)O. The summed E-state index contributed by atoms with van der Waals surface area (Å²) in [6.07, 6.45) is 2.23. The summed E-state index contributed by atoms with van der Waals surface area (Å²) in [6, 6.07) is 0. The van der Waals surface area contributed by atoms with Crippen LogP contribution in [-0.4, -0.2) is 32.7 Å². The van der Waals surface area contributed by atoms with Crippen molar-refractivity contribution in [3.63, 3.8) is 0 Å². The fraction of sp³-hybridized carbons (Fsp3) is 0.250. The lowest BCUT2D eigenvalue weighted by molar-refractivity contribution is 0.135. The van der Waals surface area contributed by atoms with Crippen molar-refractivity contribution in [2.45, 2.75) is 12.8 Å². The second-order valence-electron chi connectivity index (χ2n) is 1.72. The molecule has 0 aromatic heterocycles. The van der Waals surface area contributed by atoms with E-state index in [1.54, 1.807) is 0 Å². The third kappa shape index (κ3) is 784. The molecule has 0 radical (unpaired) electrons. The van der Waals surface area contributed by atoms with Gasteiger partial charge in [-0.25, -0.2) is 9.59 Å². The van der Waals surface area contributed by atoms with Gasteiger partial charge >= 0.3 is 12.3 Å². The lowest BCUT2D eigenvalue weighted by Crippen LogP contribution is -1.81. The normalized spacial score (nSPS) is 6.57. The van der Waals surface area contributed by atoms with E-state index >= 15 is 0 Å². The molecule has 0 aliphatic rings. The van der Waals surface area contributed by atoms with Crippen LogP contribution < -0.4 is 0 Å². The molecule has 6 nitrogen and oxygen atoms in total. The molecule has 0 aromatic rings. The molecule has 0 saturated heterocycles. The van der Waals surface area contributed by atoms with Crippen molar-refractivity contribution in [3.8, 4) is 0 Å². The Hall–Kier alpha value is -1.98. The highest BCUT2D eigenvalue weighted by atomic mass is 16.6. The molecule has 0 aliphatic heterocycles. The molecule has 0 unspecified atom stereocenters. The Labute approximate surface area is 81.4 Å². The molecule has 0 spiro atoms. The van der Waals surface area contributed by atoms with Gasteiger partial charge in [0.05, 0.1) is 0 Å². The van der Waals surface area contributed by atoms with Crippen LogP contribution >= 0.6 is 0 Å². The Bertz CT molecular complexity index is 147. The van der Waals surface area contributed by atoms with Gasteiger partial charge in [0.1, 0.15) is 0 Å². The fourth-order valence-corrected chi connectivity index (χ4v) is 0.236. The molecule has 14 heavy (non-hydrogen) atoms. The number of hydrogen-bond acceptors (Lipinski definition) is 2. The molecule has 0 fully saturated rings. The van der Waals surface area contributed by atoms with Gasteiger partial charge in [-0.2, -0.15) is 0 Å². The monoisotopic (exact) mass is 206 g/mol. The minimum atomic E-state index is -1.83. The molecular weight excluding hydrogens is 192 g/mol. The van der Waals surface area contributed by atoms with Gasteiger partial charge in [-0.15, -0.1) is 13.2 Å². The predicted octanol–water partition coefficient (Wildman–Crippen LogP) is 2.58. The molecule has 0 amide bonds. The third-order valence-corrected chi connectivity index (χ3v) is 0.575. The smallest absolute Gasteiger partial charge is 0.450 e. The number of carbonyl (C=O) groups is 2. The molecule has 0 bridgehead atoms. The van der Waals surface area contributed by atoms with Crippen molar-refractivity contribution < 1.29 is 30.0 Å². The van der Waals surface area contributed by atoms with E-state index in [4.69, 9.17) is 30.0 Å². The summed E-state index contributed by atoms with van der Waals surface area (Å²) in [5, 5.41) is 27.9. The summed E-state index contributed by atoms with van der Waals surface area (Å²) in [7, 11) is 0. The van der Waals surface area contributed by atoms with Crippen molar-refractivity contribution in [2.24, 2.45) is 0 Å². The van der Waals surface area contributed by atoms with Crippen LogP contribution in [-0.2, 0) is 0 Å². The van der Waals surface area contributed by atoms with Crippen molar-refractivity contribution in [1.29, 1.82) is 0 Å². The van der Waals surface area contributed by atoms with E-state index in [1.807, 2.05) is 12.2 Å². The maximum atomic E-state index is 8.56. The first kappa shape index (κ1) is 17.9.